The minimum absolute atomic E-state index is 0.0623. The zero-order valence-electron chi connectivity index (χ0n) is 17.6. The summed E-state index contributed by atoms with van der Waals surface area (Å²) >= 11 is 3.31. The first-order chi connectivity index (χ1) is 15.6. The van der Waals surface area contributed by atoms with E-state index in [0.717, 1.165) is 5.56 Å². The van der Waals surface area contributed by atoms with Gasteiger partial charge in [0.2, 0.25) is 0 Å². The molecule has 3 aromatic rings. The lowest BCUT2D eigenvalue weighted by atomic mass is 9.96. The van der Waals surface area contributed by atoms with Crippen molar-refractivity contribution >= 4 is 38.8 Å². The third-order valence-corrected chi connectivity index (χ3v) is 6.06. The third kappa shape index (κ3) is 4.76. The molecule has 0 bridgehead atoms. The number of aromatic nitrogens is 1. The molecular formula is C24H25BrN4O3. The third-order valence-electron chi connectivity index (χ3n) is 5.67. The Balaban J connectivity index is 1.67. The average Bonchev–Trinajstić information content (AvgIpc) is 2.82. The van der Waals surface area contributed by atoms with Crippen LogP contribution in [0.15, 0.2) is 54.6 Å². The molecule has 1 aliphatic rings. The van der Waals surface area contributed by atoms with E-state index in [1.54, 1.807) is 4.90 Å². The van der Waals surface area contributed by atoms with Crippen LogP contribution in [0.4, 0.5) is 4.79 Å². The van der Waals surface area contributed by atoms with E-state index in [4.69, 9.17) is 4.98 Å². The second-order valence-electron chi connectivity index (χ2n) is 7.69. The molecule has 8 heteroatoms. The van der Waals surface area contributed by atoms with Gasteiger partial charge in [-0.2, -0.15) is 0 Å². The Morgan fingerprint density at radius 3 is 2.38 bits per heavy atom. The number of amides is 2. The van der Waals surface area contributed by atoms with Gasteiger partial charge in [0.1, 0.15) is 0 Å². The second-order valence-corrected chi connectivity index (χ2v) is 8.48. The molecule has 4 rings (SSSR count). The number of aromatic carboxylic acids is 1. The second kappa shape index (κ2) is 10.1. The van der Waals surface area contributed by atoms with Gasteiger partial charge >= 0.3 is 12.0 Å². The fourth-order valence-electron chi connectivity index (χ4n) is 4.08. The molecule has 7 nitrogen and oxygen atoms in total. The lowest BCUT2D eigenvalue weighted by Crippen LogP contribution is -2.51. The summed E-state index contributed by atoms with van der Waals surface area (Å²) in [5.74, 6) is -0.955. The average molecular weight is 497 g/mol. The summed E-state index contributed by atoms with van der Waals surface area (Å²) in [4.78, 5) is 33.5. The summed E-state index contributed by atoms with van der Waals surface area (Å²) in [6, 6.07) is 17.0. The number of fused-ring (bicyclic) bond motifs is 1. The molecule has 1 fully saturated rings. The Kier molecular flexibility index (Phi) is 7.02. The number of urea groups is 1. The van der Waals surface area contributed by atoms with E-state index in [-0.39, 0.29) is 6.03 Å². The van der Waals surface area contributed by atoms with Crippen molar-refractivity contribution in [1.82, 2.24) is 20.1 Å². The summed E-state index contributed by atoms with van der Waals surface area (Å²) in [5.41, 5.74) is 3.26. The first kappa shape index (κ1) is 22.2. The number of nitrogens with zero attached hydrogens (tertiary/aromatic N) is 3. The number of piperazine rings is 1. The molecule has 32 heavy (non-hydrogen) atoms. The molecule has 2 heterocycles. The van der Waals surface area contributed by atoms with E-state index in [1.165, 1.54) is 0 Å². The van der Waals surface area contributed by atoms with Gasteiger partial charge in [-0.05, 0) is 6.07 Å². The van der Waals surface area contributed by atoms with E-state index in [0.29, 0.717) is 72.3 Å². The first-order valence-electron chi connectivity index (χ1n) is 10.6. The molecule has 1 saturated heterocycles. The minimum Gasteiger partial charge on any atom is -0.478 e. The molecular weight excluding hydrogens is 472 g/mol. The Morgan fingerprint density at radius 2 is 1.69 bits per heavy atom. The SMILES string of the molecule is O=C(O)c1c(CN2CCN(C(=O)NCCBr)CC2)c(-c2ccccc2)nc2ccccc12. The molecule has 1 aromatic heterocycles. The van der Waals surface area contributed by atoms with Crippen LogP contribution in [0.3, 0.4) is 0 Å². The van der Waals surface area contributed by atoms with Crippen molar-refractivity contribution in [2.45, 2.75) is 6.54 Å². The summed E-state index contributed by atoms with van der Waals surface area (Å²) in [5, 5.41) is 14.4. The maximum Gasteiger partial charge on any atom is 0.336 e. The number of benzene rings is 2. The minimum atomic E-state index is -0.955. The molecule has 166 valence electrons. The van der Waals surface area contributed by atoms with Crippen LogP contribution in [-0.2, 0) is 6.54 Å². The van der Waals surface area contributed by atoms with Crippen molar-refractivity contribution in [2.75, 3.05) is 38.1 Å². The zero-order chi connectivity index (χ0) is 22.5. The van der Waals surface area contributed by atoms with E-state index < -0.39 is 5.97 Å². The van der Waals surface area contributed by atoms with Crippen LogP contribution in [0.1, 0.15) is 15.9 Å². The largest absolute Gasteiger partial charge is 0.478 e. The van der Waals surface area contributed by atoms with Crippen LogP contribution in [-0.4, -0.2) is 69.9 Å². The molecule has 0 spiro atoms. The van der Waals surface area contributed by atoms with Gasteiger partial charge in [0.25, 0.3) is 0 Å². The number of alkyl halides is 1. The van der Waals surface area contributed by atoms with Gasteiger partial charge in [0.15, 0.2) is 0 Å². The number of rotatable bonds is 6. The van der Waals surface area contributed by atoms with Gasteiger partial charge in [0.05, 0.1) is 16.8 Å². The van der Waals surface area contributed by atoms with Crippen LogP contribution < -0.4 is 5.32 Å². The van der Waals surface area contributed by atoms with Gasteiger partial charge in [-0.25, -0.2) is 14.6 Å². The fourth-order valence-corrected chi connectivity index (χ4v) is 4.28. The Morgan fingerprint density at radius 1 is 1.00 bits per heavy atom. The van der Waals surface area contributed by atoms with Gasteiger partial charge < -0.3 is 15.3 Å². The van der Waals surface area contributed by atoms with Gasteiger partial charge in [-0.1, -0.05) is 64.5 Å². The topological polar surface area (TPSA) is 85.8 Å². The molecule has 2 aromatic carbocycles. The highest BCUT2D eigenvalue weighted by Crippen LogP contribution is 2.31. The maximum absolute atomic E-state index is 12.4. The number of carboxylic acid groups (broad SMARTS) is 1. The van der Waals surface area contributed by atoms with E-state index in [2.05, 4.69) is 26.1 Å². The van der Waals surface area contributed by atoms with E-state index >= 15 is 0 Å². The quantitative estimate of drug-likeness (QED) is 0.506. The Bertz CT molecular complexity index is 1110. The molecule has 0 radical (unpaired) electrons. The Labute approximate surface area is 195 Å². The van der Waals surface area contributed by atoms with Crippen molar-refractivity contribution in [3.8, 4) is 11.3 Å². The number of nitrogens with one attached hydrogen (secondary N) is 1. The van der Waals surface area contributed by atoms with Crippen molar-refractivity contribution < 1.29 is 14.7 Å². The van der Waals surface area contributed by atoms with Crippen molar-refractivity contribution in [2.24, 2.45) is 0 Å². The predicted molar refractivity (Wildman–Crippen MR) is 128 cm³/mol. The summed E-state index contributed by atoms with van der Waals surface area (Å²) < 4.78 is 0. The van der Waals surface area contributed by atoms with Crippen molar-refractivity contribution in [1.29, 1.82) is 0 Å². The number of hydrogen-bond acceptors (Lipinski definition) is 4. The van der Waals surface area contributed by atoms with Crippen LogP contribution in [0.2, 0.25) is 0 Å². The first-order valence-corrected chi connectivity index (χ1v) is 11.7. The van der Waals surface area contributed by atoms with E-state index in [1.807, 2.05) is 54.6 Å². The highest BCUT2D eigenvalue weighted by molar-refractivity contribution is 9.09. The monoisotopic (exact) mass is 496 g/mol. The fraction of sp³-hybridized carbons (Fsp3) is 0.292. The van der Waals surface area contributed by atoms with Gasteiger partial charge in [-0.15, -0.1) is 0 Å². The predicted octanol–water partition coefficient (Wildman–Crippen LogP) is 3.82. The number of carboxylic acids is 1. The summed E-state index contributed by atoms with van der Waals surface area (Å²) in [6.07, 6.45) is 0. The number of halogens is 1. The van der Waals surface area contributed by atoms with Gasteiger partial charge in [-0.3, -0.25) is 4.90 Å². The Hall–Kier alpha value is -2.97. The van der Waals surface area contributed by atoms with Crippen LogP contribution in [0.25, 0.3) is 22.2 Å². The molecule has 0 aliphatic carbocycles. The highest BCUT2D eigenvalue weighted by Gasteiger charge is 2.26. The molecule has 2 N–H and O–H groups in total. The van der Waals surface area contributed by atoms with Crippen molar-refractivity contribution in [3.05, 3.63) is 65.7 Å². The maximum atomic E-state index is 12.4. The summed E-state index contributed by atoms with van der Waals surface area (Å²) in [7, 11) is 0. The molecule has 0 atom stereocenters. The van der Waals surface area contributed by atoms with E-state index in [9.17, 15) is 14.7 Å². The summed E-state index contributed by atoms with van der Waals surface area (Å²) in [6.45, 7) is 3.57. The van der Waals surface area contributed by atoms with Crippen molar-refractivity contribution in [3.63, 3.8) is 0 Å². The smallest absolute Gasteiger partial charge is 0.336 e. The standard InChI is InChI=1S/C24H25BrN4O3/c25-10-11-26-24(32)29-14-12-28(13-15-29)16-19-21(23(30)31)18-8-4-5-9-20(18)27-22(19)17-6-2-1-3-7-17/h1-9H,10-16H2,(H,26,32)(H,30,31). The number of para-hydroxylation sites is 1. The number of pyridine rings is 1. The normalized spacial score (nSPS) is 14.5. The highest BCUT2D eigenvalue weighted by atomic mass is 79.9. The molecule has 0 saturated carbocycles. The van der Waals surface area contributed by atoms with Crippen LogP contribution >= 0.6 is 15.9 Å². The number of carbonyl (C=O) groups excluding carboxylic acids is 1. The lowest BCUT2D eigenvalue weighted by molar-refractivity contribution is 0.0696. The molecule has 1 aliphatic heterocycles. The van der Waals surface area contributed by atoms with Crippen LogP contribution in [0, 0.1) is 0 Å². The van der Waals surface area contributed by atoms with Crippen LogP contribution in [0.5, 0.6) is 0 Å². The van der Waals surface area contributed by atoms with Gasteiger partial charge in [0, 0.05) is 61.1 Å². The number of hydrogen-bond donors (Lipinski definition) is 2. The zero-order valence-corrected chi connectivity index (χ0v) is 19.2. The molecule has 2 amide bonds. The molecule has 0 unspecified atom stereocenters. The lowest BCUT2D eigenvalue weighted by Gasteiger charge is -2.35. The number of carbonyl (C=O) groups is 2.